The summed E-state index contributed by atoms with van der Waals surface area (Å²) < 4.78 is 14.4. The Morgan fingerprint density at radius 3 is 2.25 bits per heavy atom. The summed E-state index contributed by atoms with van der Waals surface area (Å²) in [4.78, 5) is 16.7. The molecule has 0 saturated carbocycles. The zero-order chi connectivity index (χ0) is 9.83. The topological polar surface area (TPSA) is 87.0 Å². The molecule has 0 aromatic heterocycles. The van der Waals surface area contributed by atoms with Crippen LogP contribution in [0, 0.1) is 0 Å². The average Bonchev–Trinajstić information content (AvgIpc) is 1.84. The van der Waals surface area contributed by atoms with E-state index in [9.17, 15) is 9.67 Å². The van der Waals surface area contributed by atoms with Crippen LogP contribution in [0.3, 0.4) is 0 Å². The van der Waals surface area contributed by atoms with E-state index in [1.54, 1.807) is 0 Å². The van der Waals surface area contributed by atoms with E-state index >= 15 is 0 Å². The summed E-state index contributed by atoms with van der Waals surface area (Å²) in [5, 5.41) is 9.25. The number of hydrogen-bond acceptors (Lipinski definition) is 3. The second kappa shape index (κ2) is 3.98. The predicted octanol–water partition coefficient (Wildman–Crippen LogP) is 0.546. The maximum Gasteiger partial charge on any atom is 0.472 e. The molecule has 5 nitrogen and oxygen atoms in total. The highest BCUT2D eigenvalue weighted by Gasteiger charge is 2.31. The molecule has 1 unspecified atom stereocenters. The van der Waals surface area contributed by atoms with Crippen LogP contribution < -0.4 is 0 Å². The van der Waals surface area contributed by atoms with Gasteiger partial charge in [-0.05, 0) is 6.08 Å². The van der Waals surface area contributed by atoms with E-state index in [0.717, 1.165) is 6.08 Å². The normalized spacial score (nSPS) is 16.6. The third-order valence-corrected chi connectivity index (χ3v) is 1.59. The van der Waals surface area contributed by atoms with Gasteiger partial charge < -0.3 is 14.9 Å². The zero-order valence-electron chi connectivity index (χ0n) is 6.38. The molecule has 70 valence electrons. The Bertz CT molecular complexity index is 220. The first-order chi connectivity index (χ1) is 5.33. The van der Waals surface area contributed by atoms with Gasteiger partial charge in [-0.25, -0.2) is 9.09 Å². The van der Waals surface area contributed by atoms with Crippen molar-refractivity contribution in [2.45, 2.75) is 12.2 Å². The van der Waals surface area contributed by atoms with Crippen LogP contribution in [-0.4, -0.2) is 20.7 Å². The van der Waals surface area contributed by atoms with Crippen molar-refractivity contribution in [1.29, 1.82) is 0 Å². The molecule has 12 heavy (non-hydrogen) atoms. The highest BCUT2D eigenvalue weighted by molar-refractivity contribution is 7.46. The standard InChI is InChI=1S/C6H11O5P/c1-3-5-6(7,4-2)11-12(8,9)10/h3-4,7H,1-2,5H2,(H2,8,9,10). The smallest absolute Gasteiger partial charge is 0.362 e. The zero-order valence-corrected chi connectivity index (χ0v) is 7.28. The molecule has 6 heteroatoms. The Hall–Kier alpha value is -0.450. The van der Waals surface area contributed by atoms with Gasteiger partial charge >= 0.3 is 7.82 Å². The summed E-state index contributed by atoms with van der Waals surface area (Å²) in [6.07, 6.45) is 2.02. The van der Waals surface area contributed by atoms with Crippen LogP contribution in [0.15, 0.2) is 25.3 Å². The Morgan fingerprint density at radius 1 is 1.50 bits per heavy atom. The van der Waals surface area contributed by atoms with Crippen molar-refractivity contribution in [2.24, 2.45) is 0 Å². The molecule has 0 aromatic carbocycles. The second-order valence-corrected chi connectivity index (χ2v) is 3.29. The molecule has 0 aliphatic carbocycles. The van der Waals surface area contributed by atoms with E-state index in [4.69, 9.17) is 9.79 Å². The summed E-state index contributed by atoms with van der Waals surface area (Å²) in [5.41, 5.74) is 0. The third-order valence-electron chi connectivity index (χ3n) is 1.03. The van der Waals surface area contributed by atoms with Crippen molar-refractivity contribution in [3.63, 3.8) is 0 Å². The molecule has 0 fully saturated rings. The van der Waals surface area contributed by atoms with E-state index < -0.39 is 13.6 Å². The molecule has 0 amide bonds. The lowest BCUT2D eigenvalue weighted by atomic mass is 10.2. The Kier molecular flexibility index (Phi) is 3.83. The lowest BCUT2D eigenvalue weighted by molar-refractivity contribution is -0.105. The average molecular weight is 194 g/mol. The van der Waals surface area contributed by atoms with E-state index in [1.165, 1.54) is 6.08 Å². The SMILES string of the molecule is C=CCC(O)(C=C)OP(=O)(O)O. The van der Waals surface area contributed by atoms with Gasteiger partial charge in [-0.15, -0.1) is 6.58 Å². The maximum atomic E-state index is 10.3. The molecule has 0 bridgehead atoms. The van der Waals surface area contributed by atoms with Gasteiger partial charge in [0.2, 0.25) is 0 Å². The van der Waals surface area contributed by atoms with Crippen LogP contribution in [-0.2, 0) is 9.09 Å². The fourth-order valence-corrected chi connectivity index (χ4v) is 1.13. The molecular formula is C6H11O5P. The van der Waals surface area contributed by atoms with Crippen LogP contribution in [0.25, 0.3) is 0 Å². The van der Waals surface area contributed by atoms with Crippen LogP contribution in [0.1, 0.15) is 6.42 Å². The van der Waals surface area contributed by atoms with Gasteiger partial charge in [0.25, 0.3) is 0 Å². The van der Waals surface area contributed by atoms with Crippen molar-refractivity contribution < 1.29 is 24.0 Å². The van der Waals surface area contributed by atoms with Crippen LogP contribution in [0.2, 0.25) is 0 Å². The molecule has 0 saturated heterocycles. The Morgan fingerprint density at radius 2 is 2.00 bits per heavy atom. The summed E-state index contributed by atoms with van der Waals surface area (Å²) in [7, 11) is -4.70. The molecule has 0 heterocycles. The van der Waals surface area contributed by atoms with Gasteiger partial charge in [-0.3, -0.25) is 0 Å². The lowest BCUT2D eigenvalue weighted by Gasteiger charge is -2.22. The fourth-order valence-electron chi connectivity index (χ4n) is 0.571. The molecule has 0 aromatic rings. The fraction of sp³-hybridized carbons (Fsp3) is 0.333. The van der Waals surface area contributed by atoms with E-state index in [2.05, 4.69) is 17.7 Å². The van der Waals surface area contributed by atoms with Crippen LogP contribution in [0.4, 0.5) is 0 Å². The van der Waals surface area contributed by atoms with Crippen molar-refractivity contribution in [3.8, 4) is 0 Å². The van der Waals surface area contributed by atoms with Crippen molar-refractivity contribution >= 4 is 7.82 Å². The van der Waals surface area contributed by atoms with E-state index in [0.29, 0.717) is 0 Å². The van der Waals surface area contributed by atoms with Gasteiger partial charge in [-0.1, -0.05) is 12.7 Å². The molecule has 3 N–H and O–H groups in total. The molecule has 0 aliphatic rings. The first-order valence-corrected chi connectivity index (χ1v) is 4.59. The second-order valence-electron chi connectivity index (χ2n) is 2.12. The summed E-state index contributed by atoms with van der Waals surface area (Å²) in [6, 6.07) is 0. The van der Waals surface area contributed by atoms with Crippen LogP contribution in [0.5, 0.6) is 0 Å². The quantitative estimate of drug-likeness (QED) is 0.338. The molecule has 0 spiro atoms. The Balaban J connectivity index is 4.44. The van der Waals surface area contributed by atoms with Crippen LogP contribution >= 0.6 is 7.82 Å². The third kappa shape index (κ3) is 4.43. The number of hydrogen-bond donors (Lipinski definition) is 3. The number of phosphoric ester groups is 1. The van der Waals surface area contributed by atoms with Gasteiger partial charge in [0, 0.05) is 6.42 Å². The van der Waals surface area contributed by atoms with E-state index in [-0.39, 0.29) is 6.42 Å². The van der Waals surface area contributed by atoms with Crippen molar-refractivity contribution in [2.75, 3.05) is 0 Å². The maximum absolute atomic E-state index is 10.3. The first kappa shape index (κ1) is 11.6. The van der Waals surface area contributed by atoms with Gasteiger partial charge in [0.1, 0.15) is 0 Å². The molecule has 0 aliphatic heterocycles. The first-order valence-electron chi connectivity index (χ1n) is 3.06. The predicted molar refractivity (Wildman–Crippen MR) is 43.1 cm³/mol. The Labute approximate surface area is 70.2 Å². The summed E-state index contributed by atoms with van der Waals surface area (Å²) >= 11 is 0. The van der Waals surface area contributed by atoms with Gasteiger partial charge in [0.15, 0.2) is 5.79 Å². The molecule has 0 rings (SSSR count). The van der Waals surface area contributed by atoms with Crippen molar-refractivity contribution in [1.82, 2.24) is 0 Å². The number of aliphatic hydroxyl groups is 1. The minimum Gasteiger partial charge on any atom is -0.362 e. The lowest BCUT2D eigenvalue weighted by Crippen LogP contribution is -2.27. The largest absolute Gasteiger partial charge is 0.472 e. The minimum atomic E-state index is -4.70. The van der Waals surface area contributed by atoms with Gasteiger partial charge in [0.05, 0.1) is 0 Å². The number of phosphoric acid groups is 1. The summed E-state index contributed by atoms with van der Waals surface area (Å²) in [5.74, 6) is -2.04. The monoisotopic (exact) mass is 194 g/mol. The van der Waals surface area contributed by atoms with Crippen molar-refractivity contribution in [3.05, 3.63) is 25.3 Å². The summed E-state index contributed by atoms with van der Waals surface area (Å²) in [6.45, 7) is 6.45. The minimum absolute atomic E-state index is 0.137. The molecular weight excluding hydrogens is 183 g/mol. The van der Waals surface area contributed by atoms with E-state index in [1.807, 2.05) is 0 Å². The highest BCUT2D eigenvalue weighted by Crippen LogP contribution is 2.41. The number of rotatable bonds is 5. The highest BCUT2D eigenvalue weighted by atomic mass is 31.2. The molecule has 0 radical (unpaired) electrons. The molecule has 1 atom stereocenters. The van der Waals surface area contributed by atoms with Gasteiger partial charge in [-0.2, -0.15) is 0 Å².